The molecule has 1 aromatic heterocycles. The minimum absolute atomic E-state index is 0.0987. The number of hydrogen-bond donors (Lipinski definition) is 1. The largest absolute Gasteiger partial charge is 0.337 e. The Labute approximate surface area is 141 Å². The summed E-state index contributed by atoms with van der Waals surface area (Å²) in [4.78, 5) is 15.2. The predicted octanol–water partition coefficient (Wildman–Crippen LogP) is 2.71. The van der Waals surface area contributed by atoms with Gasteiger partial charge in [0.25, 0.3) is 5.91 Å². The lowest BCUT2D eigenvalue weighted by Crippen LogP contribution is -2.31. The van der Waals surface area contributed by atoms with E-state index in [9.17, 15) is 13.2 Å². The van der Waals surface area contributed by atoms with Crippen LogP contribution in [0.3, 0.4) is 0 Å². The van der Waals surface area contributed by atoms with Gasteiger partial charge in [-0.3, -0.25) is 4.79 Å². The summed E-state index contributed by atoms with van der Waals surface area (Å²) in [6.07, 6.45) is 0. The fraction of sp³-hybridized carbons (Fsp3) is 0.312. The molecule has 0 aliphatic carbocycles. The number of nitrogens with zero attached hydrogens (tertiary/aromatic N) is 1. The third-order valence-corrected chi connectivity index (χ3v) is 5.62. The van der Waals surface area contributed by atoms with Crippen molar-refractivity contribution in [3.05, 3.63) is 52.2 Å². The highest BCUT2D eigenvalue weighted by molar-refractivity contribution is 7.89. The second-order valence-corrected chi connectivity index (χ2v) is 8.29. The van der Waals surface area contributed by atoms with Gasteiger partial charge in [-0.15, -0.1) is 11.3 Å². The van der Waals surface area contributed by atoms with E-state index in [-0.39, 0.29) is 16.8 Å². The summed E-state index contributed by atoms with van der Waals surface area (Å²) >= 11 is 1.58. The molecule has 1 aromatic carbocycles. The topological polar surface area (TPSA) is 66.5 Å². The Hall–Kier alpha value is -1.70. The SMILES string of the molecule is CC(C)NS(=O)(=O)c1cccc(C(=O)N(C)Cc2cccs2)c1. The summed E-state index contributed by atoms with van der Waals surface area (Å²) in [5.74, 6) is -0.208. The molecule has 0 fully saturated rings. The van der Waals surface area contributed by atoms with Gasteiger partial charge < -0.3 is 4.90 Å². The molecule has 7 heteroatoms. The average Bonchev–Trinajstić information content (AvgIpc) is 2.98. The van der Waals surface area contributed by atoms with Crippen LogP contribution < -0.4 is 4.72 Å². The Morgan fingerprint density at radius 2 is 2.00 bits per heavy atom. The number of amides is 1. The van der Waals surface area contributed by atoms with Gasteiger partial charge in [-0.2, -0.15) is 0 Å². The van der Waals surface area contributed by atoms with Crippen molar-refractivity contribution in [2.45, 2.75) is 31.3 Å². The Balaban J connectivity index is 2.20. The maximum atomic E-state index is 12.5. The first-order valence-corrected chi connectivity index (χ1v) is 9.56. The molecule has 1 N–H and O–H groups in total. The molecule has 2 rings (SSSR count). The Morgan fingerprint density at radius 3 is 2.61 bits per heavy atom. The number of nitrogens with one attached hydrogen (secondary N) is 1. The van der Waals surface area contributed by atoms with Crippen LogP contribution >= 0.6 is 11.3 Å². The lowest BCUT2D eigenvalue weighted by molar-refractivity contribution is 0.0786. The molecule has 1 amide bonds. The summed E-state index contributed by atoms with van der Waals surface area (Å²) in [5, 5.41) is 1.96. The van der Waals surface area contributed by atoms with Gasteiger partial charge in [-0.05, 0) is 43.5 Å². The van der Waals surface area contributed by atoms with E-state index in [0.717, 1.165) is 4.88 Å². The molecule has 0 saturated heterocycles. The molecule has 2 aromatic rings. The fourth-order valence-electron chi connectivity index (χ4n) is 2.10. The van der Waals surface area contributed by atoms with Crippen LogP contribution in [0.2, 0.25) is 0 Å². The minimum atomic E-state index is -3.61. The van der Waals surface area contributed by atoms with Crippen molar-refractivity contribution in [1.29, 1.82) is 0 Å². The maximum absolute atomic E-state index is 12.5. The van der Waals surface area contributed by atoms with Crippen LogP contribution in [0.5, 0.6) is 0 Å². The molecular weight excluding hydrogens is 332 g/mol. The van der Waals surface area contributed by atoms with E-state index in [2.05, 4.69) is 4.72 Å². The second-order valence-electron chi connectivity index (χ2n) is 5.54. The van der Waals surface area contributed by atoms with Crippen molar-refractivity contribution in [3.8, 4) is 0 Å². The zero-order valence-electron chi connectivity index (χ0n) is 13.3. The van der Waals surface area contributed by atoms with E-state index >= 15 is 0 Å². The van der Waals surface area contributed by atoms with Crippen molar-refractivity contribution < 1.29 is 13.2 Å². The first-order valence-electron chi connectivity index (χ1n) is 7.20. The van der Waals surface area contributed by atoms with Crippen LogP contribution in [-0.2, 0) is 16.6 Å². The summed E-state index contributed by atoms with van der Waals surface area (Å²) in [5.41, 5.74) is 0.357. The Bertz CT molecular complexity index is 768. The summed E-state index contributed by atoms with van der Waals surface area (Å²) in [6.45, 7) is 4.00. The zero-order chi connectivity index (χ0) is 17.0. The third kappa shape index (κ3) is 4.63. The van der Waals surface area contributed by atoms with Crippen LogP contribution in [0.1, 0.15) is 29.1 Å². The van der Waals surface area contributed by atoms with Crippen LogP contribution in [0, 0.1) is 0 Å². The average molecular weight is 352 g/mol. The molecule has 1 heterocycles. The number of benzene rings is 1. The van der Waals surface area contributed by atoms with E-state index in [0.29, 0.717) is 12.1 Å². The van der Waals surface area contributed by atoms with Crippen molar-refractivity contribution >= 4 is 27.3 Å². The number of carbonyl (C=O) groups is 1. The van der Waals surface area contributed by atoms with Crippen molar-refractivity contribution in [2.24, 2.45) is 0 Å². The van der Waals surface area contributed by atoms with Gasteiger partial charge in [-0.25, -0.2) is 13.1 Å². The molecule has 124 valence electrons. The number of sulfonamides is 1. The monoisotopic (exact) mass is 352 g/mol. The van der Waals surface area contributed by atoms with E-state index in [1.165, 1.54) is 12.1 Å². The standard InChI is InChI=1S/C16H20N2O3S2/c1-12(2)17-23(20,21)15-8-4-6-13(10-15)16(19)18(3)11-14-7-5-9-22-14/h4-10,12,17H,11H2,1-3H3. The summed E-state index contributed by atoms with van der Waals surface area (Å²) < 4.78 is 26.9. The van der Waals surface area contributed by atoms with Crippen LogP contribution in [0.15, 0.2) is 46.7 Å². The normalized spacial score (nSPS) is 11.7. The van der Waals surface area contributed by atoms with Gasteiger partial charge in [-0.1, -0.05) is 12.1 Å². The highest BCUT2D eigenvalue weighted by atomic mass is 32.2. The third-order valence-electron chi connectivity index (χ3n) is 3.10. The van der Waals surface area contributed by atoms with Crippen LogP contribution in [0.4, 0.5) is 0 Å². The van der Waals surface area contributed by atoms with Crippen molar-refractivity contribution in [1.82, 2.24) is 9.62 Å². The summed E-state index contributed by atoms with van der Waals surface area (Å²) in [6, 6.07) is 9.80. The van der Waals surface area contributed by atoms with Gasteiger partial charge in [0.15, 0.2) is 0 Å². The fourth-order valence-corrected chi connectivity index (χ4v) is 4.16. The zero-order valence-corrected chi connectivity index (χ0v) is 14.9. The first-order chi connectivity index (χ1) is 10.8. The van der Waals surface area contributed by atoms with E-state index in [1.54, 1.807) is 49.3 Å². The highest BCUT2D eigenvalue weighted by Gasteiger charge is 2.19. The molecule has 0 aliphatic heterocycles. The van der Waals surface area contributed by atoms with E-state index in [4.69, 9.17) is 0 Å². The van der Waals surface area contributed by atoms with E-state index in [1.807, 2.05) is 17.5 Å². The van der Waals surface area contributed by atoms with Gasteiger partial charge in [0.2, 0.25) is 10.0 Å². The molecule has 0 bridgehead atoms. The highest BCUT2D eigenvalue weighted by Crippen LogP contribution is 2.16. The molecule has 0 saturated carbocycles. The molecule has 0 spiro atoms. The van der Waals surface area contributed by atoms with Crippen LogP contribution in [-0.4, -0.2) is 32.3 Å². The van der Waals surface area contributed by atoms with Crippen LogP contribution in [0.25, 0.3) is 0 Å². The molecule has 0 radical (unpaired) electrons. The van der Waals surface area contributed by atoms with Crippen molar-refractivity contribution in [2.75, 3.05) is 7.05 Å². The predicted molar refractivity (Wildman–Crippen MR) is 92.0 cm³/mol. The molecule has 0 atom stereocenters. The molecule has 23 heavy (non-hydrogen) atoms. The maximum Gasteiger partial charge on any atom is 0.253 e. The smallest absolute Gasteiger partial charge is 0.253 e. The lowest BCUT2D eigenvalue weighted by Gasteiger charge is -2.17. The van der Waals surface area contributed by atoms with Gasteiger partial charge in [0, 0.05) is 23.5 Å². The minimum Gasteiger partial charge on any atom is -0.337 e. The van der Waals surface area contributed by atoms with Gasteiger partial charge in [0.05, 0.1) is 11.4 Å². The number of hydrogen-bond acceptors (Lipinski definition) is 4. The Morgan fingerprint density at radius 1 is 1.26 bits per heavy atom. The van der Waals surface area contributed by atoms with E-state index < -0.39 is 10.0 Å². The number of carbonyl (C=O) groups excluding carboxylic acids is 1. The molecule has 0 unspecified atom stereocenters. The number of thiophene rings is 1. The molecular formula is C16H20N2O3S2. The Kier molecular flexibility index (Phi) is 5.56. The first kappa shape index (κ1) is 17.7. The van der Waals surface area contributed by atoms with Crippen molar-refractivity contribution in [3.63, 3.8) is 0 Å². The second kappa shape index (κ2) is 7.25. The molecule has 5 nitrogen and oxygen atoms in total. The molecule has 0 aliphatic rings. The lowest BCUT2D eigenvalue weighted by atomic mass is 10.2. The summed E-state index contributed by atoms with van der Waals surface area (Å²) in [7, 11) is -1.91. The number of rotatable bonds is 6. The quantitative estimate of drug-likeness (QED) is 0.869. The van der Waals surface area contributed by atoms with Gasteiger partial charge >= 0.3 is 0 Å². The van der Waals surface area contributed by atoms with Gasteiger partial charge in [0.1, 0.15) is 0 Å².